The first-order valence-corrected chi connectivity index (χ1v) is 8.73. The molecule has 1 atom stereocenters. The third-order valence-electron chi connectivity index (χ3n) is 4.73. The number of fused-ring (bicyclic) bond motifs is 1. The Morgan fingerprint density at radius 3 is 3.00 bits per heavy atom. The number of hydrogen-bond donors (Lipinski definition) is 0. The van der Waals surface area contributed by atoms with Crippen molar-refractivity contribution in [1.82, 2.24) is 9.88 Å². The summed E-state index contributed by atoms with van der Waals surface area (Å²) >= 11 is 0. The molecule has 2 aliphatic heterocycles. The number of carbonyl (C=O) groups excluding carboxylic acids is 2. The molecule has 1 saturated heterocycles. The summed E-state index contributed by atoms with van der Waals surface area (Å²) in [5, 5.41) is 0. The highest BCUT2D eigenvalue weighted by atomic mass is 16.5. The quantitative estimate of drug-likeness (QED) is 0.827. The summed E-state index contributed by atoms with van der Waals surface area (Å²) in [6, 6.07) is 3.63. The van der Waals surface area contributed by atoms with Gasteiger partial charge in [0.1, 0.15) is 6.54 Å². The summed E-state index contributed by atoms with van der Waals surface area (Å²) in [6.45, 7) is 7.22. The molecule has 1 aromatic rings. The molecule has 1 fully saturated rings. The molecule has 0 radical (unpaired) electrons. The molecule has 3 rings (SSSR count). The largest absolute Gasteiger partial charge is 0.480 e. The van der Waals surface area contributed by atoms with Crippen LogP contribution in [0.25, 0.3) is 0 Å². The molecule has 0 aromatic carbocycles. The molecule has 25 heavy (non-hydrogen) atoms. The predicted molar refractivity (Wildman–Crippen MR) is 92.5 cm³/mol. The Labute approximate surface area is 147 Å². The molecular weight excluding hydrogens is 322 g/mol. The normalized spacial score (nSPS) is 22.1. The van der Waals surface area contributed by atoms with E-state index in [4.69, 9.17) is 9.47 Å². The molecule has 3 heterocycles. The van der Waals surface area contributed by atoms with Gasteiger partial charge in [0.2, 0.25) is 5.91 Å². The maximum absolute atomic E-state index is 12.9. The molecule has 0 bridgehead atoms. The Morgan fingerprint density at radius 2 is 2.28 bits per heavy atom. The van der Waals surface area contributed by atoms with E-state index >= 15 is 0 Å². The topological polar surface area (TPSA) is 72.0 Å². The van der Waals surface area contributed by atoms with E-state index < -0.39 is 0 Å². The van der Waals surface area contributed by atoms with Crippen LogP contribution in [-0.2, 0) is 14.3 Å². The summed E-state index contributed by atoms with van der Waals surface area (Å²) in [7, 11) is 0. The molecule has 0 N–H and O–H groups in total. The van der Waals surface area contributed by atoms with E-state index in [1.807, 2.05) is 25.7 Å². The van der Waals surface area contributed by atoms with Gasteiger partial charge in [0, 0.05) is 25.4 Å². The fraction of sp³-hybridized carbons (Fsp3) is 0.611. The van der Waals surface area contributed by atoms with Gasteiger partial charge in [-0.15, -0.1) is 0 Å². The number of pyridine rings is 1. The number of hydrogen-bond acceptors (Lipinski definition) is 5. The number of nitrogens with zero attached hydrogens (tertiary/aromatic N) is 3. The van der Waals surface area contributed by atoms with Crippen LogP contribution in [0, 0.1) is 0 Å². The van der Waals surface area contributed by atoms with Gasteiger partial charge < -0.3 is 14.4 Å². The van der Waals surface area contributed by atoms with E-state index in [2.05, 4.69) is 4.98 Å². The van der Waals surface area contributed by atoms with Crippen molar-refractivity contribution >= 4 is 17.6 Å². The smallest absolute Gasteiger partial charge is 0.266 e. The second-order valence-electron chi connectivity index (χ2n) is 7.03. The zero-order chi connectivity index (χ0) is 18.0. The molecule has 2 amide bonds. The van der Waals surface area contributed by atoms with Gasteiger partial charge >= 0.3 is 0 Å². The summed E-state index contributed by atoms with van der Waals surface area (Å²) < 4.78 is 11.1. The van der Waals surface area contributed by atoms with E-state index in [0.29, 0.717) is 24.7 Å². The van der Waals surface area contributed by atoms with Gasteiger partial charge in [0.15, 0.2) is 18.2 Å². The number of likely N-dealkylation sites (N-methyl/N-ethyl adjacent to an activating group) is 1. The van der Waals surface area contributed by atoms with Crippen molar-refractivity contribution in [3.8, 4) is 5.75 Å². The lowest BCUT2D eigenvalue weighted by Gasteiger charge is -2.41. The maximum Gasteiger partial charge on any atom is 0.266 e. The Morgan fingerprint density at radius 1 is 1.48 bits per heavy atom. The lowest BCUT2D eigenvalue weighted by Crippen LogP contribution is -2.52. The van der Waals surface area contributed by atoms with Crippen molar-refractivity contribution in [3.63, 3.8) is 0 Å². The highest BCUT2D eigenvalue weighted by molar-refractivity contribution is 6.01. The van der Waals surface area contributed by atoms with Crippen LogP contribution in [0.5, 0.6) is 5.75 Å². The van der Waals surface area contributed by atoms with Gasteiger partial charge in [0.05, 0.1) is 5.60 Å². The standard InChI is InChI=1S/C18H25N3O4/c1-4-20(13-7-9-25-18(2,3)10-13)15(22)11-21-16(23)12-24-14-6-5-8-19-17(14)21/h5-6,8,13H,4,7,9-12H2,1-3H3/t13-/m1/s1. The highest BCUT2D eigenvalue weighted by Crippen LogP contribution is 2.30. The van der Waals surface area contributed by atoms with Crippen molar-refractivity contribution in [2.45, 2.75) is 45.3 Å². The monoisotopic (exact) mass is 347 g/mol. The fourth-order valence-corrected chi connectivity index (χ4v) is 3.53. The molecule has 0 spiro atoms. The summed E-state index contributed by atoms with van der Waals surface area (Å²) in [5.74, 6) is 0.626. The average Bonchev–Trinajstić information content (AvgIpc) is 2.57. The number of aromatic nitrogens is 1. The number of amides is 2. The van der Waals surface area contributed by atoms with Crippen molar-refractivity contribution in [1.29, 1.82) is 0 Å². The second-order valence-corrected chi connectivity index (χ2v) is 7.03. The van der Waals surface area contributed by atoms with Crippen molar-refractivity contribution < 1.29 is 19.1 Å². The highest BCUT2D eigenvalue weighted by Gasteiger charge is 2.36. The Balaban J connectivity index is 1.75. The van der Waals surface area contributed by atoms with E-state index in [9.17, 15) is 9.59 Å². The molecule has 7 nitrogen and oxygen atoms in total. The van der Waals surface area contributed by atoms with E-state index in [0.717, 1.165) is 12.8 Å². The average molecular weight is 347 g/mol. The van der Waals surface area contributed by atoms with Gasteiger partial charge in [-0.25, -0.2) is 4.98 Å². The van der Waals surface area contributed by atoms with Crippen molar-refractivity contribution in [2.24, 2.45) is 0 Å². The Kier molecular flexibility index (Phi) is 4.94. The molecule has 0 saturated carbocycles. The van der Waals surface area contributed by atoms with Gasteiger partial charge in [-0.05, 0) is 45.7 Å². The Bertz CT molecular complexity index is 661. The molecule has 0 aliphatic carbocycles. The summed E-state index contributed by atoms with van der Waals surface area (Å²) in [6.07, 6.45) is 3.20. The lowest BCUT2D eigenvalue weighted by molar-refractivity contribution is -0.139. The third kappa shape index (κ3) is 3.76. The minimum Gasteiger partial charge on any atom is -0.480 e. The first-order chi connectivity index (χ1) is 11.9. The lowest BCUT2D eigenvalue weighted by atomic mass is 9.92. The van der Waals surface area contributed by atoms with Gasteiger partial charge in [-0.1, -0.05) is 0 Å². The van der Waals surface area contributed by atoms with Gasteiger partial charge in [0.25, 0.3) is 5.91 Å². The summed E-state index contributed by atoms with van der Waals surface area (Å²) in [4.78, 5) is 32.7. The first-order valence-electron chi connectivity index (χ1n) is 8.73. The first kappa shape index (κ1) is 17.7. The van der Waals surface area contributed by atoms with E-state index in [-0.39, 0.29) is 36.6 Å². The number of anilines is 1. The van der Waals surface area contributed by atoms with Crippen LogP contribution in [0.3, 0.4) is 0 Å². The zero-order valence-corrected chi connectivity index (χ0v) is 15.0. The van der Waals surface area contributed by atoms with Crippen LogP contribution < -0.4 is 9.64 Å². The summed E-state index contributed by atoms with van der Waals surface area (Å²) in [5.41, 5.74) is -0.237. The number of ether oxygens (including phenoxy) is 2. The van der Waals surface area contributed by atoms with Crippen LogP contribution in [0.2, 0.25) is 0 Å². The van der Waals surface area contributed by atoms with Crippen LogP contribution in [0.4, 0.5) is 5.82 Å². The maximum atomic E-state index is 12.9. The van der Waals surface area contributed by atoms with E-state index in [1.165, 1.54) is 4.90 Å². The van der Waals surface area contributed by atoms with Crippen LogP contribution in [-0.4, -0.2) is 59.6 Å². The third-order valence-corrected chi connectivity index (χ3v) is 4.73. The van der Waals surface area contributed by atoms with Gasteiger partial charge in [-0.3, -0.25) is 14.5 Å². The van der Waals surface area contributed by atoms with E-state index in [1.54, 1.807) is 18.3 Å². The molecule has 0 unspecified atom stereocenters. The molecule has 1 aromatic heterocycles. The molecule has 136 valence electrons. The minimum absolute atomic E-state index is 0.0160. The SMILES string of the molecule is CCN(C(=O)CN1C(=O)COc2cccnc21)[C@@H]1CCOC(C)(C)C1. The zero-order valence-electron chi connectivity index (χ0n) is 15.0. The molecule has 2 aliphatic rings. The van der Waals surface area contributed by atoms with Gasteiger partial charge in [-0.2, -0.15) is 0 Å². The number of carbonyl (C=O) groups is 2. The van der Waals surface area contributed by atoms with Crippen molar-refractivity contribution in [2.75, 3.05) is 31.2 Å². The van der Waals surface area contributed by atoms with Crippen LogP contribution >= 0.6 is 0 Å². The minimum atomic E-state index is -0.247. The Hall–Kier alpha value is -2.15. The second kappa shape index (κ2) is 7.00. The van der Waals surface area contributed by atoms with Crippen LogP contribution in [0.1, 0.15) is 33.6 Å². The molecular formula is C18H25N3O4. The number of rotatable bonds is 4. The predicted octanol–water partition coefficient (Wildman–Crippen LogP) is 1.61. The molecule has 7 heteroatoms. The fourth-order valence-electron chi connectivity index (χ4n) is 3.53. The van der Waals surface area contributed by atoms with Crippen LogP contribution in [0.15, 0.2) is 18.3 Å². The van der Waals surface area contributed by atoms with Crippen molar-refractivity contribution in [3.05, 3.63) is 18.3 Å².